The van der Waals surface area contributed by atoms with E-state index in [1.807, 2.05) is 18.9 Å². The van der Waals surface area contributed by atoms with Crippen LogP contribution in [0.25, 0.3) is 22.2 Å². The molecule has 1 fully saturated rings. The molecule has 2 amide bonds. The number of phenols is 1. The van der Waals surface area contributed by atoms with Crippen LogP contribution in [0.4, 0.5) is 20.3 Å². The third kappa shape index (κ3) is 5.39. The number of amides is 2. The van der Waals surface area contributed by atoms with Crippen LogP contribution >= 0.6 is 11.6 Å². The molecule has 4 aromatic rings. The van der Waals surface area contributed by atoms with E-state index in [4.69, 9.17) is 22.1 Å². The number of carbonyl (C=O) groups excluding carboxylic acids is 2. The minimum Gasteiger partial charge on any atom is -0.504 e. The number of aromatic nitrogens is 4. The molecule has 5 rings (SSSR count). The maximum absolute atomic E-state index is 15.6. The summed E-state index contributed by atoms with van der Waals surface area (Å²) in [7, 11) is 4.51. The predicted molar refractivity (Wildman–Crippen MR) is 159 cm³/mol. The lowest BCUT2D eigenvalue weighted by Gasteiger charge is -2.39. The van der Waals surface area contributed by atoms with Crippen molar-refractivity contribution in [2.45, 2.75) is 19.5 Å². The molecule has 0 aliphatic carbocycles. The Balaban J connectivity index is 1.55. The fourth-order valence-corrected chi connectivity index (χ4v) is 5.48. The minimum absolute atomic E-state index is 0.00808. The van der Waals surface area contributed by atoms with Crippen molar-refractivity contribution in [1.82, 2.24) is 24.0 Å². The smallest absolute Gasteiger partial charge is 0.263 e. The number of benzene rings is 1. The zero-order valence-corrected chi connectivity index (χ0v) is 24.9. The van der Waals surface area contributed by atoms with Gasteiger partial charge in [0.05, 0.1) is 30.1 Å². The third-order valence-corrected chi connectivity index (χ3v) is 7.87. The average molecular weight is 631 g/mol. The molecule has 232 valence electrons. The molecule has 1 aromatic carbocycles. The molecule has 1 atom stereocenters. The molecule has 1 saturated heterocycles. The lowest BCUT2D eigenvalue weighted by atomic mass is 10.0. The Morgan fingerprint density at radius 2 is 1.95 bits per heavy atom. The zero-order chi connectivity index (χ0) is 32.0. The average Bonchev–Trinajstić information content (AvgIpc) is 3.31. The first-order chi connectivity index (χ1) is 20.8. The van der Waals surface area contributed by atoms with Crippen LogP contribution in [0.5, 0.6) is 11.5 Å². The van der Waals surface area contributed by atoms with Crippen molar-refractivity contribution in [2.24, 2.45) is 12.8 Å². The number of halogens is 3. The quantitative estimate of drug-likeness (QED) is 0.260. The Kier molecular flexibility index (Phi) is 8.18. The number of carbonyl (C=O) groups is 2. The van der Waals surface area contributed by atoms with E-state index in [-0.39, 0.29) is 38.9 Å². The Labute approximate surface area is 254 Å². The van der Waals surface area contributed by atoms with Gasteiger partial charge in [0.15, 0.2) is 17.3 Å². The summed E-state index contributed by atoms with van der Waals surface area (Å²) < 4.78 is 37.8. The van der Waals surface area contributed by atoms with Crippen molar-refractivity contribution in [1.29, 1.82) is 0 Å². The molecule has 0 radical (unpaired) electrons. The minimum atomic E-state index is -1.07. The Hall–Kier alpha value is -4.76. The molecule has 0 bridgehead atoms. The molecule has 44 heavy (non-hydrogen) atoms. The highest BCUT2D eigenvalue weighted by Gasteiger charge is 2.28. The number of nitrogens with zero attached hydrogens (tertiary/aromatic N) is 6. The number of aromatic hydroxyl groups is 1. The first kappa shape index (κ1) is 30.7. The maximum Gasteiger partial charge on any atom is 0.263 e. The largest absolute Gasteiger partial charge is 0.504 e. The number of primary amides is 1. The van der Waals surface area contributed by atoms with E-state index in [2.05, 4.69) is 20.2 Å². The Morgan fingerprint density at radius 1 is 1.23 bits per heavy atom. The summed E-state index contributed by atoms with van der Waals surface area (Å²) in [4.78, 5) is 50.8. The third-order valence-electron chi connectivity index (χ3n) is 7.51. The number of likely N-dealkylation sites (N-methyl/N-ethyl adjacent to an activating group) is 1. The van der Waals surface area contributed by atoms with Gasteiger partial charge in [-0.05, 0) is 20.0 Å². The Bertz CT molecular complexity index is 1880. The first-order valence-corrected chi connectivity index (χ1v) is 13.7. The van der Waals surface area contributed by atoms with E-state index < -0.39 is 52.7 Å². The topological polar surface area (TPSA) is 161 Å². The van der Waals surface area contributed by atoms with Crippen molar-refractivity contribution < 1.29 is 28.2 Å². The number of piperazine rings is 1. The summed E-state index contributed by atoms with van der Waals surface area (Å²) in [5.41, 5.74) is 4.02. The number of nitrogens with one attached hydrogen (secondary N) is 1. The van der Waals surface area contributed by atoms with Gasteiger partial charge in [0.2, 0.25) is 11.9 Å². The van der Waals surface area contributed by atoms with Gasteiger partial charge < -0.3 is 39.8 Å². The number of hydrogen-bond donors (Lipinski definition) is 3. The molecule has 4 heterocycles. The normalized spacial score (nSPS) is 15.5. The lowest BCUT2D eigenvalue weighted by molar-refractivity contribution is -0.116. The summed E-state index contributed by atoms with van der Waals surface area (Å²) in [6, 6.07) is 2.50. The summed E-state index contributed by atoms with van der Waals surface area (Å²) in [5, 5.41) is 12.4. The van der Waals surface area contributed by atoms with Gasteiger partial charge in [-0.25, -0.2) is 14.4 Å². The molecule has 1 aliphatic heterocycles. The number of anilines is 2. The van der Waals surface area contributed by atoms with Crippen molar-refractivity contribution in [3.63, 3.8) is 0 Å². The monoisotopic (exact) mass is 630 g/mol. The molecule has 0 unspecified atom stereocenters. The maximum atomic E-state index is 15.6. The standard InChI is InChI=1S/C28H29ClF2N8O5/c1-13-9-36(2)5-6-39(13)18-8-17(21(29)25(31)35-18)34-19(40)11-38-10-16(20-27(38)33-12-37(3)28(20)43)14-7-15(26(32)42)23(41)24(44-4)22(14)30/h7-8,10,12-13,41H,5-6,9,11H2,1-4H3,(H2,32,42)(H,34,35,40)/t13-/m0/s1. The van der Waals surface area contributed by atoms with Gasteiger partial charge in [-0.3, -0.25) is 14.4 Å². The van der Waals surface area contributed by atoms with Crippen LogP contribution in [0.1, 0.15) is 17.3 Å². The van der Waals surface area contributed by atoms with Crippen LogP contribution in [0.3, 0.4) is 0 Å². The van der Waals surface area contributed by atoms with Gasteiger partial charge in [0.25, 0.3) is 11.5 Å². The highest BCUT2D eigenvalue weighted by molar-refractivity contribution is 6.33. The number of methoxy groups -OCH3 is 1. The second kappa shape index (κ2) is 11.7. The van der Waals surface area contributed by atoms with Gasteiger partial charge >= 0.3 is 0 Å². The van der Waals surface area contributed by atoms with Gasteiger partial charge in [-0.1, -0.05) is 11.6 Å². The van der Waals surface area contributed by atoms with Gasteiger partial charge in [-0.15, -0.1) is 0 Å². The number of fused-ring (bicyclic) bond motifs is 1. The second-order valence-electron chi connectivity index (χ2n) is 10.5. The van der Waals surface area contributed by atoms with E-state index in [9.17, 15) is 23.9 Å². The summed E-state index contributed by atoms with van der Waals surface area (Å²) in [6.45, 7) is 3.59. The van der Waals surface area contributed by atoms with Crippen molar-refractivity contribution >= 4 is 46.0 Å². The van der Waals surface area contributed by atoms with Crippen LogP contribution in [-0.4, -0.2) is 80.8 Å². The lowest BCUT2D eigenvalue weighted by Crippen LogP contribution is -2.50. The highest BCUT2D eigenvalue weighted by Crippen LogP contribution is 2.41. The van der Waals surface area contributed by atoms with E-state index in [1.54, 1.807) is 0 Å². The molecular formula is C28H29ClF2N8O5. The zero-order valence-electron chi connectivity index (χ0n) is 24.2. The summed E-state index contributed by atoms with van der Waals surface area (Å²) >= 11 is 6.17. The predicted octanol–water partition coefficient (Wildman–Crippen LogP) is 2.32. The van der Waals surface area contributed by atoms with Crippen molar-refractivity contribution in [3.05, 3.63) is 57.4 Å². The fourth-order valence-electron chi connectivity index (χ4n) is 5.33. The van der Waals surface area contributed by atoms with Gasteiger partial charge in [0, 0.05) is 56.1 Å². The van der Waals surface area contributed by atoms with Crippen LogP contribution in [0.15, 0.2) is 29.5 Å². The van der Waals surface area contributed by atoms with Gasteiger partial charge in [0.1, 0.15) is 23.0 Å². The van der Waals surface area contributed by atoms with Crippen molar-refractivity contribution in [2.75, 3.05) is 44.0 Å². The SMILES string of the molecule is COc1c(O)c(C(N)=O)cc(-c2cn(CC(=O)Nc3cc(N4CCN(C)C[C@@H]4C)nc(F)c3Cl)c3ncn(C)c(=O)c23)c1F. The Morgan fingerprint density at radius 3 is 2.61 bits per heavy atom. The number of rotatable bonds is 7. The second-order valence-corrected chi connectivity index (χ2v) is 10.9. The molecule has 16 heteroatoms. The summed E-state index contributed by atoms with van der Waals surface area (Å²) in [6.07, 6.45) is 2.52. The van der Waals surface area contributed by atoms with Crippen LogP contribution < -0.4 is 26.2 Å². The molecule has 1 aliphatic rings. The number of nitrogens with two attached hydrogens (primary N) is 1. The van der Waals surface area contributed by atoms with Crippen LogP contribution in [0, 0.1) is 11.8 Å². The van der Waals surface area contributed by atoms with Crippen molar-refractivity contribution in [3.8, 4) is 22.6 Å². The number of ether oxygens (including phenoxy) is 1. The number of aryl methyl sites for hydroxylation is 1. The molecule has 3 aromatic heterocycles. The van der Waals surface area contributed by atoms with Gasteiger partial charge in [-0.2, -0.15) is 4.39 Å². The fraction of sp³-hybridized carbons (Fsp3) is 0.321. The molecule has 0 spiro atoms. The van der Waals surface area contributed by atoms with E-state index in [0.717, 1.165) is 30.8 Å². The highest BCUT2D eigenvalue weighted by atomic mass is 35.5. The molecule has 0 saturated carbocycles. The molecular weight excluding hydrogens is 602 g/mol. The first-order valence-electron chi connectivity index (χ1n) is 13.4. The van der Waals surface area contributed by atoms with E-state index in [0.29, 0.717) is 12.4 Å². The van der Waals surface area contributed by atoms with Crippen LogP contribution in [-0.2, 0) is 18.4 Å². The number of hydrogen-bond acceptors (Lipinski definition) is 9. The van der Waals surface area contributed by atoms with Crippen LogP contribution in [0.2, 0.25) is 5.02 Å². The summed E-state index contributed by atoms with van der Waals surface area (Å²) in [5.74, 6) is -4.91. The molecule has 13 nitrogen and oxygen atoms in total. The molecule has 4 N–H and O–H groups in total. The number of pyridine rings is 1. The van der Waals surface area contributed by atoms with E-state index >= 15 is 4.39 Å². The van der Waals surface area contributed by atoms with E-state index in [1.165, 1.54) is 30.2 Å².